The third-order valence-corrected chi connectivity index (χ3v) is 5.40. The first-order valence-corrected chi connectivity index (χ1v) is 8.28. The number of nitrogens with zero attached hydrogens (tertiary/aromatic N) is 2. The number of halogens is 1. The highest BCUT2D eigenvalue weighted by atomic mass is 79.9. The number of rotatable bonds is 4. The van der Waals surface area contributed by atoms with E-state index in [1.54, 1.807) is 13.0 Å². The van der Waals surface area contributed by atoms with E-state index in [0.717, 1.165) is 11.3 Å². The van der Waals surface area contributed by atoms with Gasteiger partial charge < -0.3 is 5.11 Å². The summed E-state index contributed by atoms with van der Waals surface area (Å²) in [5.74, 6) is -1.26. The number of thiazole rings is 1. The van der Waals surface area contributed by atoms with Gasteiger partial charge in [-0.1, -0.05) is 0 Å². The molecular weight excluding hydrogens is 370 g/mol. The van der Waals surface area contributed by atoms with Gasteiger partial charge in [-0.2, -0.15) is 0 Å². The first-order valence-electron chi connectivity index (χ1n) is 5.13. The monoisotopic (exact) mass is 377 g/mol. The molecule has 20 heavy (non-hydrogen) atoms. The van der Waals surface area contributed by atoms with Gasteiger partial charge in [0.2, 0.25) is 0 Å². The Bertz CT molecular complexity index is 773. The third kappa shape index (κ3) is 2.97. The number of carbonyl (C=O) groups is 1. The van der Waals surface area contributed by atoms with Gasteiger partial charge in [0.1, 0.15) is 5.82 Å². The molecule has 0 aliphatic heterocycles. The molecule has 0 bridgehead atoms. The van der Waals surface area contributed by atoms with Gasteiger partial charge in [-0.05, 0) is 34.5 Å². The van der Waals surface area contributed by atoms with Crippen molar-refractivity contribution < 1.29 is 18.3 Å². The van der Waals surface area contributed by atoms with Gasteiger partial charge in [0, 0.05) is 10.7 Å². The fraction of sp³-hybridized carbons (Fsp3) is 0.100. The molecule has 0 amide bonds. The number of nitrogens with one attached hydrogen (secondary N) is 1. The van der Waals surface area contributed by atoms with Gasteiger partial charge in [0.25, 0.3) is 10.0 Å². The summed E-state index contributed by atoms with van der Waals surface area (Å²) in [5, 5.41) is 8.91. The minimum atomic E-state index is -4.03. The maximum atomic E-state index is 12.2. The van der Waals surface area contributed by atoms with Crippen LogP contribution in [0.5, 0.6) is 0 Å². The molecule has 2 rings (SSSR count). The SMILES string of the molecule is Cc1cc(Br)cnc1NS(=O)(=O)c1scnc1C(=O)O. The van der Waals surface area contributed by atoms with Crippen molar-refractivity contribution in [3.63, 3.8) is 0 Å². The van der Waals surface area contributed by atoms with E-state index in [-0.39, 0.29) is 10.0 Å². The van der Waals surface area contributed by atoms with Crippen molar-refractivity contribution in [1.29, 1.82) is 0 Å². The van der Waals surface area contributed by atoms with Crippen molar-refractivity contribution in [3.05, 3.63) is 33.5 Å². The highest BCUT2D eigenvalue weighted by Gasteiger charge is 2.26. The van der Waals surface area contributed by atoms with Crippen LogP contribution < -0.4 is 4.72 Å². The zero-order valence-corrected chi connectivity index (χ0v) is 13.2. The van der Waals surface area contributed by atoms with E-state index in [0.29, 0.717) is 10.0 Å². The molecule has 0 aliphatic carbocycles. The topological polar surface area (TPSA) is 109 Å². The zero-order valence-electron chi connectivity index (χ0n) is 9.99. The Morgan fingerprint density at radius 3 is 2.75 bits per heavy atom. The lowest BCUT2D eigenvalue weighted by Gasteiger charge is -2.08. The molecule has 0 saturated heterocycles. The van der Waals surface area contributed by atoms with E-state index in [9.17, 15) is 13.2 Å². The van der Waals surface area contributed by atoms with Gasteiger partial charge in [-0.25, -0.2) is 23.2 Å². The van der Waals surface area contributed by atoms with Crippen molar-refractivity contribution >= 4 is 49.1 Å². The molecule has 0 atom stereocenters. The first kappa shape index (κ1) is 14.9. The summed E-state index contributed by atoms with van der Waals surface area (Å²) < 4.78 is 27.0. The molecule has 10 heteroatoms. The molecule has 7 nitrogen and oxygen atoms in total. The lowest BCUT2D eigenvalue weighted by molar-refractivity contribution is 0.0687. The molecule has 0 aliphatic rings. The molecular formula is C10H8BrN3O4S2. The quantitative estimate of drug-likeness (QED) is 0.844. The van der Waals surface area contributed by atoms with E-state index in [1.165, 1.54) is 11.7 Å². The largest absolute Gasteiger partial charge is 0.476 e. The lowest BCUT2D eigenvalue weighted by atomic mass is 10.3. The van der Waals surface area contributed by atoms with Gasteiger partial charge in [-0.15, -0.1) is 11.3 Å². The van der Waals surface area contributed by atoms with Crippen molar-refractivity contribution in [3.8, 4) is 0 Å². The summed E-state index contributed by atoms with van der Waals surface area (Å²) >= 11 is 3.95. The van der Waals surface area contributed by atoms with Crippen LogP contribution in [-0.2, 0) is 10.0 Å². The molecule has 0 aromatic carbocycles. The number of aryl methyl sites for hydroxylation is 1. The Labute approximate surface area is 126 Å². The normalized spacial score (nSPS) is 11.3. The fourth-order valence-electron chi connectivity index (χ4n) is 1.39. The highest BCUT2D eigenvalue weighted by molar-refractivity contribution is 9.10. The number of anilines is 1. The van der Waals surface area contributed by atoms with Crippen LogP contribution in [0.2, 0.25) is 0 Å². The van der Waals surface area contributed by atoms with Crippen LogP contribution >= 0.6 is 27.3 Å². The molecule has 0 fully saturated rings. The van der Waals surface area contributed by atoms with Crippen LogP contribution in [0.1, 0.15) is 16.1 Å². The molecule has 0 saturated carbocycles. The van der Waals surface area contributed by atoms with Crippen molar-refractivity contribution in [2.45, 2.75) is 11.1 Å². The minimum Gasteiger partial charge on any atom is -0.476 e. The van der Waals surface area contributed by atoms with Gasteiger partial charge in [0.05, 0.1) is 5.51 Å². The van der Waals surface area contributed by atoms with Crippen molar-refractivity contribution in [1.82, 2.24) is 9.97 Å². The second kappa shape index (κ2) is 5.46. The van der Waals surface area contributed by atoms with Crippen molar-refractivity contribution in [2.24, 2.45) is 0 Å². The Balaban J connectivity index is 2.41. The van der Waals surface area contributed by atoms with E-state index >= 15 is 0 Å². The Hall–Kier alpha value is -1.52. The number of pyridine rings is 1. The molecule has 2 heterocycles. The van der Waals surface area contributed by atoms with E-state index in [4.69, 9.17) is 5.11 Å². The van der Waals surface area contributed by atoms with Gasteiger partial charge >= 0.3 is 5.97 Å². The van der Waals surface area contributed by atoms with Crippen LogP contribution in [-0.4, -0.2) is 29.5 Å². The predicted octanol–water partition coefficient (Wildman–Crippen LogP) is 2.11. The number of carboxylic acid groups (broad SMARTS) is 1. The second-order valence-corrected chi connectivity index (χ2v) is 7.37. The first-order chi connectivity index (χ1) is 9.31. The molecule has 0 radical (unpaired) electrons. The van der Waals surface area contributed by atoms with Crippen LogP contribution in [0.3, 0.4) is 0 Å². The maximum absolute atomic E-state index is 12.2. The maximum Gasteiger partial charge on any atom is 0.356 e. The van der Waals surface area contributed by atoms with Crippen LogP contribution in [0, 0.1) is 6.92 Å². The second-order valence-electron chi connectivity index (χ2n) is 3.72. The molecule has 106 valence electrons. The number of hydrogen-bond donors (Lipinski definition) is 2. The smallest absolute Gasteiger partial charge is 0.356 e. The third-order valence-electron chi connectivity index (χ3n) is 2.26. The predicted molar refractivity (Wildman–Crippen MR) is 76.6 cm³/mol. The number of aromatic carboxylic acids is 1. The number of carboxylic acids is 1. The summed E-state index contributed by atoms with van der Waals surface area (Å²) in [5.41, 5.74) is 1.27. The zero-order chi connectivity index (χ0) is 14.9. The number of sulfonamides is 1. The Morgan fingerprint density at radius 1 is 1.45 bits per heavy atom. The van der Waals surface area contributed by atoms with E-state index in [2.05, 4.69) is 30.6 Å². The molecule has 2 aromatic heterocycles. The fourth-order valence-corrected chi connectivity index (χ4v) is 4.06. The van der Waals surface area contributed by atoms with Gasteiger partial charge in [-0.3, -0.25) is 4.72 Å². The summed E-state index contributed by atoms with van der Waals surface area (Å²) in [6.07, 6.45) is 1.44. The van der Waals surface area contributed by atoms with Crippen LogP contribution in [0.15, 0.2) is 26.5 Å². The number of aromatic nitrogens is 2. The minimum absolute atomic E-state index is 0.137. The summed E-state index contributed by atoms with van der Waals surface area (Å²) in [6.45, 7) is 1.68. The van der Waals surface area contributed by atoms with Crippen molar-refractivity contribution in [2.75, 3.05) is 4.72 Å². The summed E-state index contributed by atoms with van der Waals surface area (Å²) in [7, 11) is -4.03. The Morgan fingerprint density at radius 2 is 2.15 bits per heavy atom. The average Bonchev–Trinajstić information content (AvgIpc) is 2.82. The Kier molecular flexibility index (Phi) is 4.06. The molecule has 2 N–H and O–H groups in total. The summed E-state index contributed by atoms with van der Waals surface area (Å²) in [4.78, 5) is 18.4. The standard InChI is InChI=1S/C10H8BrN3O4S2/c1-5-2-6(11)3-12-8(5)14-20(17,18)10-7(9(15)16)13-4-19-10/h2-4H,1H3,(H,12,14)(H,15,16). The van der Waals surface area contributed by atoms with E-state index in [1.807, 2.05) is 0 Å². The number of hydrogen-bond acceptors (Lipinski definition) is 6. The van der Waals surface area contributed by atoms with Crippen LogP contribution in [0.4, 0.5) is 5.82 Å². The van der Waals surface area contributed by atoms with Gasteiger partial charge in [0.15, 0.2) is 9.90 Å². The van der Waals surface area contributed by atoms with E-state index < -0.39 is 21.7 Å². The van der Waals surface area contributed by atoms with Crippen LogP contribution in [0.25, 0.3) is 0 Å². The summed E-state index contributed by atoms with van der Waals surface area (Å²) in [6, 6.07) is 1.69. The molecule has 0 unspecified atom stereocenters. The highest BCUT2D eigenvalue weighted by Crippen LogP contribution is 2.24. The molecule has 0 spiro atoms. The lowest BCUT2D eigenvalue weighted by Crippen LogP contribution is -2.16. The molecule has 2 aromatic rings. The average molecular weight is 378 g/mol.